The molecule has 3 saturated heterocycles. The molecule has 0 spiro atoms. The first kappa shape index (κ1) is 23.4. The van der Waals surface area contributed by atoms with E-state index in [4.69, 9.17) is 0 Å². The lowest BCUT2D eigenvalue weighted by Gasteiger charge is -2.55. The van der Waals surface area contributed by atoms with Crippen LogP contribution in [0.5, 0.6) is 0 Å². The van der Waals surface area contributed by atoms with Crippen LogP contribution in [-0.4, -0.2) is 63.7 Å². The van der Waals surface area contributed by atoms with Crippen molar-refractivity contribution in [3.05, 3.63) is 30.3 Å². The average molecular weight is 474 g/mol. The number of amides is 2. The summed E-state index contributed by atoms with van der Waals surface area (Å²) in [6, 6.07) is 8.56. The second kappa shape index (κ2) is 9.36. The number of carbonyl (C=O) groups excluding carboxylic acids is 1. The van der Waals surface area contributed by atoms with Gasteiger partial charge in [-0.05, 0) is 57.1 Å². The number of rotatable bonds is 4. The molecule has 8 heteroatoms. The van der Waals surface area contributed by atoms with E-state index in [1.165, 1.54) is 4.90 Å². The average Bonchev–Trinajstić information content (AvgIpc) is 3.09. The molecule has 34 heavy (non-hydrogen) atoms. The maximum Gasteiger partial charge on any atom is 0.408 e. The van der Waals surface area contributed by atoms with Gasteiger partial charge in [-0.1, -0.05) is 37.5 Å². The van der Waals surface area contributed by atoms with Gasteiger partial charge in [0.05, 0.1) is 17.6 Å². The van der Waals surface area contributed by atoms with E-state index in [2.05, 4.69) is 5.32 Å². The minimum absolute atomic E-state index is 0.0285. The van der Waals surface area contributed by atoms with Crippen molar-refractivity contribution in [1.82, 2.24) is 10.2 Å². The summed E-state index contributed by atoms with van der Waals surface area (Å²) in [4.78, 5) is 28.8. The molecule has 186 valence electrons. The van der Waals surface area contributed by atoms with E-state index in [-0.39, 0.29) is 24.3 Å². The van der Waals surface area contributed by atoms with Crippen molar-refractivity contribution in [1.29, 1.82) is 0 Å². The molecule has 1 aromatic rings. The number of fused-ring (bicyclic) bond motifs is 2. The Labute approximate surface area is 200 Å². The molecule has 0 radical (unpaired) electrons. The summed E-state index contributed by atoms with van der Waals surface area (Å²) in [5, 5.41) is 24.0. The van der Waals surface area contributed by atoms with E-state index in [0.717, 1.165) is 37.8 Å². The summed E-state index contributed by atoms with van der Waals surface area (Å²) >= 11 is 0. The van der Waals surface area contributed by atoms with Crippen LogP contribution in [0.3, 0.4) is 0 Å². The Hall–Kier alpha value is -2.35. The quantitative estimate of drug-likeness (QED) is 0.577. The molecule has 4 aliphatic rings. The summed E-state index contributed by atoms with van der Waals surface area (Å²) in [5.41, 5.74) is -0.285. The number of nitrogens with one attached hydrogen (secondary N) is 1. The Kier molecular flexibility index (Phi) is 6.44. The Morgan fingerprint density at radius 1 is 1.06 bits per heavy atom. The van der Waals surface area contributed by atoms with Gasteiger partial charge in [0.2, 0.25) is 5.91 Å². The normalized spacial score (nSPS) is 36.4. The van der Waals surface area contributed by atoms with Crippen molar-refractivity contribution in [3.8, 4) is 0 Å². The molecule has 3 aliphatic heterocycles. The Morgan fingerprint density at radius 3 is 2.50 bits per heavy atom. The number of aliphatic hydroxyl groups excluding tert-OH is 1. The second-order valence-corrected chi connectivity index (χ2v) is 10.7. The lowest BCUT2D eigenvalue weighted by Crippen LogP contribution is -2.69. The fourth-order valence-electron chi connectivity index (χ4n) is 7.38. The van der Waals surface area contributed by atoms with E-state index in [0.29, 0.717) is 32.2 Å². The number of carbonyl (C=O) groups is 2. The zero-order valence-electron chi connectivity index (χ0n) is 19.6. The summed E-state index contributed by atoms with van der Waals surface area (Å²) in [6.07, 6.45) is 3.96. The zero-order chi connectivity index (χ0) is 23.9. The van der Waals surface area contributed by atoms with Gasteiger partial charge in [-0.15, -0.1) is 0 Å². The number of hydrogen-bond acceptors (Lipinski definition) is 4. The van der Waals surface area contributed by atoms with Gasteiger partial charge in [0.1, 0.15) is 0 Å². The van der Waals surface area contributed by atoms with Gasteiger partial charge in [-0.2, -0.15) is 0 Å². The van der Waals surface area contributed by atoms with Crippen LogP contribution in [0, 0.1) is 11.8 Å². The van der Waals surface area contributed by atoms with Crippen LogP contribution < -0.4 is 10.2 Å². The van der Waals surface area contributed by atoms with Gasteiger partial charge in [-0.25, -0.2) is 9.18 Å². The number of piperidine rings is 2. The lowest BCUT2D eigenvalue weighted by molar-refractivity contribution is -0.129. The summed E-state index contributed by atoms with van der Waals surface area (Å²) in [5.74, 6) is -0.842. The number of aliphatic hydroxyl groups is 1. The molecule has 6 unspecified atom stereocenters. The third-order valence-corrected chi connectivity index (χ3v) is 8.82. The summed E-state index contributed by atoms with van der Waals surface area (Å²) in [6.45, 7) is 0.437. The van der Waals surface area contributed by atoms with Crippen LogP contribution in [-0.2, 0) is 4.79 Å². The highest BCUT2D eigenvalue weighted by Crippen LogP contribution is 2.53. The predicted octanol–water partition coefficient (Wildman–Crippen LogP) is 3.91. The molecule has 4 fully saturated rings. The zero-order valence-corrected chi connectivity index (χ0v) is 19.6. The van der Waals surface area contributed by atoms with Crippen LogP contribution in [0.15, 0.2) is 30.3 Å². The Bertz CT molecular complexity index is 895. The van der Waals surface area contributed by atoms with Crippen LogP contribution in [0.2, 0.25) is 0 Å². The van der Waals surface area contributed by atoms with Crippen molar-refractivity contribution in [2.75, 3.05) is 11.4 Å². The van der Waals surface area contributed by atoms with E-state index in [1.807, 2.05) is 30.3 Å². The molecule has 1 aliphatic carbocycles. The maximum absolute atomic E-state index is 16.6. The number of halogens is 1. The molecule has 1 saturated carbocycles. The highest BCUT2D eigenvalue weighted by Gasteiger charge is 2.62. The van der Waals surface area contributed by atoms with Crippen molar-refractivity contribution >= 4 is 17.7 Å². The molecule has 7 nitrogen and oxygen atoms in total. The highest BCUT2D eigenvalue weighted by molar-refractivity contribution is 5.79. The first-order valence-corrected chi connectivity index (χ1v) is 12.9. The maximum atomic E-state index is 16.6. The minimum Gasteiger partial charge on any atom is -0.465 e. The van der Waals surface area contributed by atoms with Gasteiger partial charge in [0.25, 0.3) is 0 Å². The molecular formula is C26H36FN3O4. The third-order valence-electron chi connectivity index (χ3n) is 8.82. The van der Waals surface area contributed by atoms with Gasteiger partial charge >= 0.3 is 6.09 Å². The van der Waals surface area contributed by atoms with E-state index in [1.54, 1.807) is 4.90 Å². The first-order valence-electron chi connectivity index (χ1n) is 12.9. The largest absolute Gasteiger partial charge is 0.465 e. The topological polar surface area (TPSA) is 93.1 Å². The molecule has 6 atom stereocenters. The molecule has 3 heterocycles. The number of nitrogens with zero attached hydrogens (tertiary/aromatic N) is 2. The summed E-state index contributed by atoms with van der Waals surface area (Å²) in [7, 11) is 0. The fourth-order valence-corrected chi connectivity index (χ4v) is 7.38. The van der Waals surface area contributed by atoms with Crippen molar-refractivity contribution in [2.45, 2.75) is 94.2 Å². The van der Waals surface area contributed by atoms with Crippen LogP contribution >= 0.6 is 0 Å². The van der Waals surface area contributed by atoms with Gasteiger partial charge in [-0.3, -0.25) is 9.69 Å². The van der Waals surface area contributed by atoms with Crippen molar-refractivity contribution in [2.24, 2.45) is 11.8 Å². The standard InChI is InChI=1S/C26H36FN3O4/c27-23-22(26-13-11-19(15-20(31)16-26)30(26)25(33)34)21(28-24(32)17-7-3-1-4-8-17)12-14-29(23)18-9-5-2-6-10-18/h2,5-6,9-10,17,19-23,31H,1,3-4,7-8,11-16H2,(H,28,32)(H,33,34). The third kappa shape index (κ3) is 4.04. The van der Waals surface area contributed by atoms with Gasteiger partial charge < -0.3 is 20.4 Å². The number of benzene rings is 1. The van der Waals surface area contributed by atoms with Crippen LogP contribution in [0.4, 0.5) is 14.9 Å². The highest BCUT2D eigenvalue weighted by atomic mass is 19.1. The molecule has 2 amide bonds. The monoisotopic (exact) mass is 473 g/mol. The minimum atomic E-state index is -1.47. The predicted molar refractivity (Wildman–Crippen MR) is 126 cm³/mol. The smallest absolute Gasteiger partial charge is 0.408 e. The molecule has 1 aromatic carbocycles. The number of anilines is 1. The number of alkyl halides is 1. The fraction of sp³-hybridized carbons (Fsp3) is 0.692. The van der Waals surface area contributed by atoms with E-state index in [9.17, 15) is 19.8 Å². The Balaban J connectivity index is 1.50. The summed E-state index contributed by atoms with van der Waals surface area (Å²) < 4.78 is 16.6. The second-order valence-electron chi connectivity index (χ2n) is 10.7. The van der Waals surface area contributed by atoms with Gasteiger partial charge in [0.15, 0.2) is 6.30 Å². The van der Waals surface area contributed by atoms with Crippen molar-refractivity contribution < 1.29 is 24.2 Å². The van der Waals surface area contributed by atoms with E-state index >= 15 is 4.39 Å². The lowest BCUT2D eigenvalue weighted by atomic mass is 9.69. The molecule has 0 aromatic heterocycles. The van der Waals surface area contributed by atoms with Crippen LogP contribution in [0.25, 0.3) is 0 Å². The Morgan fingerprint density at radius 2 is 1.79 bits per heavy atom. The molecule has 3 N–H and O–H groups in total. The van der Waals surface area contributed by atoms with Gasteiger partial charge in [0, 0.05) is 30.2 Å². The molecular weight excluding hydrogens is 437 g/mol. The number of carboxylic acid groups (broad SMARTS) is 1. The SMILES string of the molecule is O=C(NC1CCN(c2ccccc2)C(F)C1C12CCC(CC(O)C1)N2C(=O)O)C1CCCCC1. The molecule has 5 rings (SSSR count). The van der Waals surface area contributed by atoms with Crippen molar-refractivity contribution in [3.63, 3.8) is 0 Å². The van der Waals surface area contributed by atoms with E-state index < -0.39 is 36.0 Å². The number of para-hydroxylation sites is 1. The van der Waals surface area contributed by atoms with Crippen LogP contribution in [0.1, 0.15) is 64.2 Å². The number of hydrogen-bond donors (Lipinski definition) is 3. The molecule has 2 bridgehead atoms. The first-order chi connectivity index (χ1) is 16.4.